The average Bonchev–Trinajstić information content (AvgIpc) is 2.69. The third-order valence-electron chi connectivity index (χ3n) is 4.71. The van der Waals surface area contributed by atoms with Crippen molar-refractivity contribution in [2.24, 2.45) is 4.99 Å². The van der Waals surface area contributed by atoms with Crippen LogP contribution in [0.4, 0.5) is 0 Å². The third-order valence-corrected chi connectivity index (χ3v) is 4.71. The zero-order valence-electron chi connectivity index (χ0n) is 17.7. The number of nitrogens with one attached hydrogen (secondary N) is 2. The van der Waals surface area contributed by atoms with Crippen LogP contribution in [0.3, 0.4) is 0 Å². The Morgan fingerprint density at radius 2 is 1.93 bits per heavy atom. The van der Waals surface area contributed by atoms with Crippen LogP contribution < -0.4 is 20.1 Å². The second-order valence-electron chi connectivity index (χ2n) is 7.33. The van der Waals surface area contributed by atoms with Gasteiger partial charge < -0.3 is 24.8 Å². The summed E-state index contributed by atoms with van der Waals surface area (Å²) in [5.41, 5.74) is 0.0319. The number of morpholine rings is 1. The Labute approximate surface area is 186 Å². The van der Waals surface area contributed by atoms with Crippen LogP contribution in [-0.4, -0.2) is 76.1 Å². The molecule has 1 aromatic carbocycles. The molecule has 0 radical (unpaired) electrons. The lowest BCUT2D eigenvalue weighted by molar-refractivity contribution is -0.00834. The Bertz CT molecular complexity index is 607. The van der Waals surface area contributed by atoms with Gasteiger partial charge in [-0.2, -0.15) is 0 Å². The molecule has 0 amide bonds. The highest BCUT2D eigenvalue weighted by molar-refractivity contribution is 14.0. The zero-order chi connectivity index (χ0) is 19.7. The highest BCUT2D eigenvalue weighted by Gasteiger charge is 2.28. The van der Waals surface area contributed by atoms with Gasteiger partial charge in [0.25, 0.3) is 0 Å². The summed E-state index contributed by atoms with van der Waals surface area (Å²) in [6.45, 7) is 11.5. The van der Waals surface area contributed by atoms with Crippen molar-refractivity contribution in [2.75, 3.05) is 53.6 Å². The Morgan fingerprint density at radius 1 is 1.25 bits per heavy atom. The van der Waals surface area contributed by atoms with E-state index in [0.29, 0.717) is 6.54 Å². The molecule has 0 saturated carbocycles. The van der Waals surface area contributed by atoms with Gasteiger partial charge in [0.1, 0.15) is 17.6 Å². The first-order valence-corrected chi connectivity index (χ1v) is 9.52. The fourth-order valence-electron chi connectivity index (χ4n) is 2.99. The number of aliphatic imine (C=N–C) groups is 1. The molecular weight excluding hydrogens is 471 g/mol. The summed E-state index contributed by atoms with van der Waals surface area (Å²) in [5.74, 6) is 2.35. The summed E-state index contributed by atoms with van der Waals surface area (Å²) in [5, 5.41) is 6.76. The van der Waals surface area contributed by atoms with Crippen molar-refractivity contribution in [3.8, 4) is 11.5 Å². The summed E-state index contributed by atoms with van der Waals surface area (Å²) in [7, 11) is 3.43. The molecule has 1 unspecified atom stereocenters. The van der Waals surface area contributed by atoms with Crippen molar-refractivity contribution in [3.05, 3.63) is 24.3 Å². The molecule has 1 aliphatic rings. The van der Waals surface area contributed by atoms with Crippen molar-refractivity contribution in [1.82, 2.24) is 15.5 Å². The van der Waals surface area contributed by atoms with Crippen molar-refractivity contribution < 1.29 is 14.2 Å². The summed E-state index contributed by atoms with van der Waals surface area (Å²) < 4.78 is 16.6. The highest BCUT2D eigenvalue weighted by Crippen LogP contribution is 2.19. The molecule has 1 aliphatic heterocycles. The Hall–Kier alpha value is -1.26. The number of halogens is 1. The van der Waals surface area contributed by atoms with Gasteiger partial charge in [0.2, 0.25) is 0 Å². The van der Waals surface area contributed by atoms with Gasteiger partial charge in [-0.3, -0.25) is 9.89 Å². The molecule has 1 fully saturated rings. The second kappa shape index (κ2) is 12.3. The maximum absolute atomic E-state index is 5.94. The number of benzene rings is 1. The van der Waals surface area contributed by atoms with E-state index in [4.69, 9.17) is 14.2 Å². The number of nitrogens with zero attached hydrogens (tertiary/aromatic N) is 2. The first-order valence-electron chi connectivity index (χ1n) is 9.52. The van der Waals surface area contributed by atoms with Gasteiger partial charge in [-0.1, -0.05) is 6.07 Å². The standard InChI is InChI=1S/C20H34N4O3.HI/c1-16(27-18-8-6-7-17(13-18)25-5)14-22-19(21-4)23-15-20(2,3)24-9-11-26-12-10-24;/h6-8,13,16H,9-12,14-15H2,1-5H3,(H2,21,22,23);1H. The van der Waals surface area contributed by atoms with E-state index in [9.17, 15) is 0 Å². The van der Waals surface area contributed by atoms with E-state index in [-0.39, 0.29) is 35.6 Å². The molecule has 160 valence electrons. The normalized spacial score (nSPS) is 16.7. The predicted molar refractivity (Wildman–Crippen MR) is 124 cm³/mol. The molecule has 28 heavy (non-hydrogen) atoms. The van der Waals surface area contributed by atoms with Crippen molar-refractivity contribution in [2.45, 2.75) is 32.4 Å². The van der Waals surface area contributed by atoms with Gasteiger partial charge in [-0.25, -0.2) is 0 Å². The number of hydrogen-bond acceptors (Lipinski definition) is 5. The predicted octanol–water partition coefficient (Wildman–Crippen LogP) is 2.36. The molecule has 1 atom stereocenters. The van der Waals surface area contributed by atoms with Gasteiger partial charge in [-0.15, -0.1) is 24.0 Å². The van der Waals surface area contributed by atoms with Crippen molar-refractivity contribution in [3.63, 3.8) is 0 Å². The van der Waals surface area contributed by atoms with Crippen LogP contribution >= 0.6 is 24.0 Å². The molecule has 0 spiro atoms. The van der Waals surface area contributed by atoms with Crippen LogP contribution in [0.2, 0.25) is 0 Å². The molecule has 2 N–H and O–H groups in total. The van der Waals surface area contributed by atoms with Gasteiger partial charge >= 0.3 is 0 Å². The molecular formula is C20H35IN4O3. The lowest BCUT2D eigenvalue weighted by atomic mass is 10.0. The summed E-state index contributed by atoms with van der Waals surface area (Å²) in [6.07, 6.45) is -0.0112. The molecule has 0 aromatic heterocycles. The minimum absolute atomic E-state index is 0. The first kappa shape index (κ1) is 24.8. The van der Waals surface area contributed by atoms with Gasteiger partial charge in [-0.05, 0) is 32.9 Å². The van der Waals surface area contributed by atoms with E-state index in [1.54, 1.807) is 14.2 Å². The number of rotatable bonds is 8. The smallest absolute Gasteiger partial charge is 0.191 e. The fraction of sp³-hybridized carbons (Fsp3) is 0.650. The number of ether oxygens (including phenoxy) is 3. The highest BCUT2D eigenvalue weighted by atomic mass is 127. The molecule has 2 rings (SSSR count). The van der Waals surface area contributed by atoms with E-state index >= 15 is 0 Å². The van der Waals surface area contributed by atoms with Crippen LogP contribution in [0.1, 0.15) is 20.8 Å². The summed E-state index contributed by atoms with van der Waals surface area (Å²) in [4.78, 5) is 6.77. The van der Waals surface area contributed by atoms with Crippen LogP contribution in [0.25, 0.3) is 0 Å². The summed E-state index contributed by atoms with van der Waals surface area (Å²) in [6, 6.07) is 7.63. The Kier molecular flexibility index (Phi) is 10.9. The van der Waals surface area contributed by atoms with Crippen LogP contribution in [0.15, 0.2) is 29.3 Å². The van der Waals surface area contributed by atoms with Crippen LogP contribution in [0, 0.1) is 0 Å². The molecule has 0 aliphatic carbocycles. The largest absolute Gasteiger partial charge is 0.497 e. The van der Waals surface area contributed by atoms with Gasteiger partial charge in [0, 0.05) is 38.3 Å². The molecule has 1 heterocycles. The SMILES string of the molecule is CN=C(NCC(C)Oc1cccc(OC)c1)NCC(C)(C)N1CCOCC1.I. The van der Waals surface area contributed by atoms with E-state index in [1.165, 1.54) is 0 Å². The molecule has 0 bridgehead atoms. The zero-order valence-corrected chi connectivity index (χ0v) is 20.0. The minimum Gasteiger partial charge on any atom is -0.497 e. The van der Waals surface area contributed by atoms with Crippen LogP contribution in [-0.2, 0) is 4.74 Å². The molecule has 8 heteroatoms. The maximum Gasteiger partial charge on any atom is 0.191 e. The lowest BCUT2D eigenvalue weighted by Gasteiger charge is -2.41. The lowest BCUT2D eigenvalue weighted by Crippen LogP contribution is -2.56. The Balaban J connectivity index is 0.00000392. The maximum atomic E-state index is 5.94. The van der Waals surface area contributed by atoms with Gasteiger partial charge in [0.05, 0.1) is 26.9 Å². The van der Waals surface area contributed by atoms with E-state index in [0.717, 1.165) is 50.3 Å². The number of hydrogen-bond donors (Lipinski definition) is 2. The summed E-state index contributed by atoms with van der Waals surface area (Å²) >= 11 is 0. The molecule has 1 aromatic rings. The topological polar surface area (TPSA) is 67.4 Å². The minimum atomic E-state index is -0.0112. The van der Waals surface area contributed by atoms with Gasteiger partial charge in [0.15, 0.2) is 5.96 Å². The van der Waals surface area contributed by atoms with Crippen molar-refractivity contribution >= 4 is 29.9 Å². The van der Waals surface area contributed by atoms with E-state index < -0.39 is 0 Å². The van der Waals surface area contributed by atoms with E-state index in [1.807, 2.05) is 31.2 Å². The third kappa shape index (κ3) is 8.00. The second-order valence-corrected chi connectivity index (χ2v) is 7.33. The first-order chi connectivity index (χ1) is 12.9. The molecule has 7 nitrogen and oxygen atoms in total. The monoisotopic (exact) mass is 506 g/mol. The average molecular weight is 506 g/mol. The fourth-order valence-corrected chi connectivity index (χ4v) is 2.99. The quantitative estimate of drug-likeness (QED) is 0.321. The van der Waals surface area contributed by atoms with Crippen molar-refractivity contribution in [1.29, 1.82) is 0 Å². The number of guanidine groups is 1. The Morgan fingerprint density at radius 3 is 2.57 bits per heavy atom. The van der Waals surface area contributed by atoms with Crippen LogP contribution in [0.5, 0.6) is 11.5 Å². The van der Waals surface area contributed by atoms with E-state index in [2.05, 4.69) is 34.4 Å². The number of methoxy groups -OCH3 is 1. The molecule has 1 saturated heterocycles.